The van der Waals surface area contributed by atoms with Crippen molar-refractivity contribution in [3.8, 4) is 17.2 Å². The maximum Gasteiger partial charge on any atom is 0.307 e. The Hall–Kier alpha value is -3.00. The van der Waals surface area contributed by atoms with E-state index in [0.29, 0.717) is 29.3 Å². The summed E-state index contributed by atoms with van der Waals surface area (Å²) in [5.41, 5.74) is 3.71. The minimum Gasteiger partial charge on any atom is -0.496 e. The molecule has 3 aromatic rings. The first kappa shape index (κ1) is 19.8. The van der Waals surface area contributed by atoms with Crippen LogP contribution >= 0.6 is 15.9 Å². The highest BCUT2D eigenvalue weighted by molar-refractivity contribution is 9.10. The van der Waals surface area contributed by atoms with E-state index in [0.717, 1.165) is 15.6 Å². The van der Waals surface area contributed by atoms with Gasteiger partial charge >= 0.3 is 5.91 Å². The van der Waals surface area contributed by atoms with E-state index >= 15 is 0 Å². The Labute approximate surface area is 170 Å². The van der Waals surface area contributed by atoms with Gasteiger partial charge in [-0.2, -0.15) is 5.10 Å². The van der Waals surface area contributed by atoms with E-state index in [1.54, 1.807) is 44.6 Å². The molecule has 0 aliphatic heterocycles. The smallest absolute Gasteiger partial charge is 0.307 e. The van der Waals surface area contributed by atoms with Crippen molar-refractivity contribution in [1.29, 1.82) is 0 Å². The number of halogens is 1. The SMILES string of the molecule is CCOc1ccc2oc(C(=O)N/N=C/c3cc(Br)c(OC)cc3OC)cc2c1. The maximum atomic E-state index is 12.3. The molecule has 8 heteroatoms. The van der Waals surface area contributed by atoms with Crippen molar-refractivity contribution in [2.24, 2.45) is 5.10 Å². The van der Waals surface area contributed by atoms with Crippen molar-refractivity contribution in [2.45, 2.75) is 6.92 Å². The summed E-state index contributed by atoms with van der Waals surface area (Å²) in [6, 6.07) is 10.5. The minimum atomic E-state index is -0.461. The normalized spacial score (nSPS) is 11.0. The van der Waals surface area contributed by atoms with Gasteiger partial charge in [-0.15, -0.1) is 0 Å². The average molecular weight is 447 g/mol. The number of carbonyl (C=O) groups is 1. The quantitative estimate of drug-likeness (QED) is 0.430. The number of hydrogen-bond acceptors (Lipinski definition) is 6. The first-order valence-corrected chi connectivity index (χ1v) is 9.26. The summed E-state index contributed by atoms with van der Waals surface area (Å²) in [5, 5.41) is 4.77. The van der Waals surface area contributed by atoms with Crippen molar-refractivity contribution in [1.82, 2.24) is 5.43 Å². The number of amides is 1. The number of hydrogen-bond donors (Lipinski definition) is 1. The van der Waals surface area contributed by atoms with Crippen LogP contribution in [0.1, 0.15) is 23.0 Å². The van der Waals surface area contributed by atoms with Gasteiger partial charge in [0.25, 0.3) is 0 Å². The molecule has 2 aromatic carbocycles. The van der Waals surface area contributed by atoms with Gasteiger partial charge in [0.15, 0.2) is 5.76 Å². The van der Waals surface area contributed by atoms with Crippen LogP contribution < -0.4 is 19.6 Å². The summed E-state index contributed by atoms with van der Waals surface area (Å²) in [6.45, 7) is 2.48. The molecule has 0 unspecified atom stereocenters. The summed E-state index contributed by atoms with van der Waals surface area (Å²) in [6.07, 6.45) is 1.48. The molecule has 0 spiro atoms. The molecule has 0 radical (unpaired) electrons. The second kappa shape index (κ2) is 8.79. The molecule has 0 bridgehead atoms. The summed E-state index contributed by atoms with van der Waals surface area (Å²) in [4.78, 5) is 12.3. The fourth-order valence-corrected chi connectivity index (χ4v) is 3.11. The minimum absolute atomic E-state index is 0.156. The monoisotopic (exact) mass is 446 g/mol. The number of fused-ring (bicyclic) bond motifs is 1. The molecule has 0 saturated heterocycles. The Kier molecular flexibility index (Phi) is 6.20. The van der Waals surface area contributed by atoms with Crippen molar-refractivity contribution in [3.05, 3.63) is 52.2 Å². The fraction of sp³-hybridized carbons (Fsp3) is 0.200. The van der Waals surface area contributed by atoms with E-state index < -0.39 is 5.91 Å². The van der Waals surface area contributed by atoms with E-state index in [2.05, 4.69) is 26.5 Å². The summed E-state index contributed by atoms with van der Waals surface area (Å²) < 4.78 is 22.3. The van der Waals surface area contributed by atoms with E-state index in [-0.39, 0.29) is 5.76 Å². The van der Waals surface area contributed by atoms with Gasteiger partial charge in [0.05, 0.1) is 31.5 Å². The molecule has 0 atom stereocenters. The first-order chi connectivity index (χ1) is 13.5. The van der Waals surface area contributed by atoms with Crippen LogP contribution in [0, 0.1) is 0 Å². The molecule has 1 N–H and O–H groups in total. The number of carbonyl (C=O) groups excluding carboxylic acids is 1. The molecule has 3 rings (SSSR count). The maximum absolute atomic E-state index is 12.3. The molecule has 1 aromatic heterocycles. The zero-order valence-corrected chi connectivity index (χ0v) is 17.2. The molecule has 28 heavy (non-hydrogen) atoms. The van der Waals surface area contributed by atoms with E-state index in [1.807, 2.05) is 13.0 Å². The number of ether oxygens (including phenoxy) is 3. The Bertz CT molecular complexity index is 1030. The zero-order chi connectivity index (χ0) is 20.1. The van der Waals surface area contributed by atoms with Gasteiger partial charge in [-0.1, -0.05) is 0 Å². The third-order valence-corrected chi connectivity index (χ3v) is 4.52. The second-order valence-corrected chi connectivity index (χ2v) is 6.53. The number of furan rings is 1. The molecule has 0 saturated carbocycles. The highest BCUT2D eigenvalue weighted by Gasteiger charge is 2.13. The summed E-state index contributed by atoms with van der Waals surface area (Å²) in [7, 11) is 3.11. The molecule has 0 fully saturated rings. The van der Waals surface area contributed by atoms with E-state index in [1.165, 1.54) is 6.21 Å². The van der Waals surface area contributed by atoms with Crippen molar-refractivity contribution >= 4 is 39.0 Å². The van der Waals surface area contributed by atoms with E-state index in [4.69, 9.17) is 18.6 Å². The molecule has 7 nitrogen and oxygen atoms in total. The van der Waals surface area contributed by atoms with Gasteiger partial charge in [0.2, 0.25) is 0 Å². The standard InChI is InChI=1S/C20H19BrN2O5/c1-4-27-14-5-6-16-12(7-14)9-19(28-16)20(24)23-22-11-13-8-15(21)18(26-3)10-17(13)25-2/h5-11H,4H2,1-3H3,(H,23,24)/b22-11+. The third kappa shape index (κ3) is 4.28. The van der Waals surface area contributed by atoms with Crippen molar-refractivity contribution in [3.63, 3.8) is 0 Å². The van der Waals surface area contributed by atoms with Gasteiger partial charge in [-0.3, -0.25) is 4.79 Å². The van der Waals surface area contributed by atoms with Gasteiger partial charge in [-0.25, -0.2) is 5.43 Å². The summed E-state index contributed by atoms with van der Waals surface area (Å²) >= 11 is 3.41. The highest BCUT2D eigenvalue weighted by Crippen LogP contribution is 2.32. The van der Waals surface area contributed by atoms with Gasteiger partial charge in [0, 0.05) is 17.0 Å². The molecule has 146 valence electrons. The third-order valence-electron chi connectivity index (χ3n) is 3.90. The Morgan fingerprint density at radius 3 is 2.68 bits per heavy atom. The van der Waals surface area contributed by atoms with Gasteiger partial charge in [0.1, 0.15) is 22.8 Å². The molecule has 1 amide bonds. The lowest BCUT2D eigenvalue weighted by atomic mass is 10.2. The fourth-order valence-electron chi connectivity index (χ4n) is 2.59. The highest BCUT2D eigenvalue weighted by atomic mass is 79.9. The molecule has 0 aliphatic carbocycles. The number of hydrazone groups is 1. The van der Waals surface area contributed by atoms with Crippen LogP contribution in [-0.2, 0) is 0 Å². The molecule has 0 aliphatic rings. The van der Waals surface area contributed by atoms with Crippen LogP contribution in [0.25, 0.3) is 11.0 Å². The van der Waals surface area contributed by atoms with E-state index in [9.17, 15) is 4.79 Å². The Morgan fingerprint density at radius 1 is 1.18 bits per heavy atom. The Morgan fingerprint density at radius 2 is 1.96 bits per heavy atom. The lowest BCUT2D eigenvalue weighted by molar-refractivity contribution is 0.0929. The van der Waals surface area contributed by atoms with Gasteiger partial charge < -0.3 is 18.6 Å². The summed E-state index contributed by atoms with van der Waals surface area (Å²) in [5.74, 6) is 1.61. The van der Waals surface area contributed by atoms with Crippen LogP contribution in [0.3, 0.4) is 0 Å². The molecular formula is C20H19BrN2O5. The van der Waals surface area contributed by atoms with Crippen LogP contribution in [0.5, 0.6) is 17.2 Å². The molecule has 1 heterocycles. The van der Waals surface area contributed by atoms with Gasteiger partial charge in [-0.05, 0) is 53.2 Å². The number of nitrogens with one attached hydrogen (secondary N) is 1. The zero-order valence-electron chi connectivity index (χ0n) is 15.6. The largest absolute Gasteiger partial charge is 0.496 e. The second-order valence-electron chi connectivity index (χ2n) is 5.67. The predicted molar refractivity (Wildman–Crippen MR) is 110 cm³/mol. The number of rotatable bonds is 7. The predicted octanol–water partition coefficient (Wildman–Crippen LogP) is 4.38. The topological polar surface area (TPSA) is 82.3 Å². The lowest BCUT2D eigenvalue weighted by Gasteiger charge is -2.09. The Balaban J connectivity index is 1.75. The molecular weight excluding hydrogens is 428 g/mol. The van der Waals surface area contributed by atoms with Crippen LogP contribution in [0.2, 0.25) is 0 Å². The first-order valence-electron chi connectivity index (χ1n) is 8.47. The van der Waals surface area contributed by atoms with Crippen LogP contribution in [0.15, 0.2) is 50.4 Å². The number of benzene rings is 2. The average Bonchev–Trinajstić information content (AvgIpc) is 3.12. The lowest BCUT2D eigenvalue weighted by Crippen LogP contribution is -2.16. The van der Waals surface area contributed by atoms with Crippen LogP contribution in [-0.4, -0.2) is 32.9 Å². The number of nitrogens with zero attached hydrogens (tertiary/aromatic N) is 1. The number of methoxy groups -OCH3 is 2. The van der Waals surface area contributed by atoms with Crippen molar-refractivity contribution < 1.29 is 23.4 Å². The van der Waals surface area contributed by atoms with Crippen molar-refractivity contribution in [2.75, 3.05) is 20.8 Å². The van der Waals surface area contributed by atoms with Crippen LogP contribution in [0.4, 0.5) is 0 Å².